The normalized spacial score (nSPS) is 7.73. The number of rotatable bonds is 2. The number of aromatic nitrogens is 1. The van der Waals surface area contributed by atoms with Gasteiger partial charge in [0.25, 0.3) is 0 Å². The molecule has 0 fully saturated rings. The van der Waals surface area contributed by atoms with Crippen LogP contribution in [0.4, 0.5) is 0 Å². The Morgan fingerprint density at radius 1 is 1.36 bits per heavy atom. The third-order valence-electron chi connectivity index (χ3n) is 1.09. The standard InChI is InChI=1S/C7H9N2.CH3.Co/c1-8-6-7-2-4-9-5-3-7;;/h2-5H,6H2,1H3;1H3;/q2*-1;+2. The molecule has 1 radical (unpaired) electrons. The van der Waals surface area contributed by atoms with E-state index in [9.17, 15) is 0 Å². The van der Waals surface area contributed by atoms with Gasteiger partial charge in [-0.1, -0.05) is 5.56 Å². The van der Waals surface area contributed by atoms with Crippen LogP contribution in [0.25, 0.3) is 5.32 Å². The molecule has 0 aliphatic rings. The van der Waals surface area contributed by atoms with E-state index in [1.807, 2.05) is 12.1 Å². The van der Waals surface area contributed by atoms with Gasteiger partial charge in [-0.25, -0.2) is 0 Å². The smallest absolute Gasteiger partial charge is 0.661 e. The molecule has 0 aliphatic heterocycles. The van der Waals surface area contributed by atoms with Gasteiger partial charge in [0.05, 0.1) is 0 Å². The Kier molecular flexibility index (Phi) is 9.28. The molecule has 3 heteroatoms. The molecule has 0 amide bonds. The first-order chi connectivity index (χ1) is 4.43. The number of pyridine rings is 1. The Morgan fingerprint density at radius 3 is 2.36 bits per heavy atom. The molecular formula is C8H12CoN2. The molecule has 0 atom stereocenters. The van der Waals surface area contributed by atoms with Crippen molar-refractivity contribution in [3.05, 3.63) is 42.8 Å². The van der Waals surface area contributed by atoms with Crippen molar-refractivity contribution in [1.82, 2.24) is 4.98 Å². The van der Waals surface area contributed by atoms with Gasteiger partial charge in [-0.15, -0.1) is 6.54 Å². The molecule has 63 valence electrons. The molecule has 1 rings (SSSR count). The van der Waals surface area contributed by atoms with Crippen molar-refractivity contribution < 1.29 is 16.8 Å². The van der Waals surface area contributed by atoms with Gasteiger partial charge in [0.2, 0.25) is 0 Å². The molecule has 2 nitrogen and oxygen atoms in total. The van der Waals surface area contributed by atoms with E-state index in [0.29, 0.717) is 0 Å². The molecule has 0 unspecified atom stereocenters. The van der Waals surface area contributed by atoms with E-state index < -0.39 is 0 Å². The topological polar surface area (TPSA) is 27.0 Å². The Labute approximate surface area is 78.6 Å². The second kappa shape index (κ2) is 7.72. The van der Waals surface area contributed by atoms with Crippen LogP contribution in [0.2, 0.25) is 0 Å². The van der Waals surface area contributed by atoms with Gasteiger partial charge in [-0.3, -0.25) is 4.98 Å². The first kappa shape index (κ1) is 13.2. The molecule has 0 aromatic carbocycles. The predicted octanol–water partition coefficient (Wildman–Crippen LogP) is 2.03. The zero-order valence-corrected chi connectivity index (χ0v) is 7.79. The van der Waals surface area contributed by atoms with E-state index in [0.717, 1.165) is 6.54 Å². The molecule has 11 heavy (non-hydrogen) atoms. The van der Waals surface area contributed by atoms with Crippen LogP contribution in [0, 0.1) is 7.43 Å². The Balaban J connectivity index is 0. The summed E-state index contributed by atoms with van der Waals surface area (Å²) in [5, 5.41) is 3.98. The van der Waals surface area contributed by atoms with Crippen LogP contribution in [-0.2, 0) is 23.3 Å². The molecule has 0 aliphatic carbocycles. The Hall–Kier alpha value is -0.384. The van der Waals surface area contributed by atoms with Crippen LogP contribution in [0.3, 0.4) is 0 Å². The van der Waals surface area contributed by atoms with E-state index in [4.69, 9.17) is 0 Å². The second-order valence-corrected chi connectivity index (χ2v) is 1.83. The maximum Gasteiger partial charge on any atom is 2.00 e. The molecule has 0 saturated carbocycles. The van der Waals surface area contributed by atoms with Crippen LogP contribution in [0.5, 0.6) is 0 Å². The molecule has 1 heterocycles. The molecule has 0 bridgehead atoms. The Bertz CT molecular complexity index is 165. The fourth-order valence-electron chi connectivity index (χ4n) is 0.671. The van der Waals surface area contributed by atoms with Crippen molar-refractivity contribution in [2.24, 2.45) is 0 Å². The average molecular weight is 195 g/mol. The van der Waals surface area contributed by atoms with Crippen LogP contribution in [-0.4, -0.2) is 12.0 Å². The monoisotopic (exact) mass is 195 g/mol. The summed E-state index contributed by atoms with van der Waals surface area (Å²) in [4.78, 5) is 3.89. The van der Waals surface area contributed by atoms with Crippen molar-refractivity contribution in [1.29, 1.82) is 0 Å². The zero-order chi connectivity index (χ0) is 6.53. The van der Waals surface area contributed by atoms with E-state index in [2.05, 4.69) is 10.3 Å². The second-order valence-electron chi connectivity index (χ2n) is 1.83. The van der Waals surface area contributed by atoms with Crippen molar-refractivity contribution in [2.75, 3.05) is 7.05 Å². The van der Waals surface area contributed by atoms with Gasteiger partial charge in [0, 0.05) is 12.4 Å². The number of hydrogen-bond donors (Lipinski definition) is 0. The average Bonchev–Trinajstić information content (AvgIpc) is 1.91. The molecular weight excluding hydrogens is 183 g/mol. The fourth-order valence-corrected chi connectivity index (χ4v) is 0.671. The minimum atomic E-state index is 0. The van der Waals surface area contributed by atoms with E-state index in [1.165, 1.54) is 5.56 Å². The summed E-state index contributed by atoms with van der Waals surface area (Å²) in [6.07, 6.45) is 3.56. The molecule has 0 N–H and O–H groups in total. The Morgan fingerprint density at radius 2 is 1.91 bits per heavy atom. The quantitative estimate of drug-likeness (QED) is 0.663. The minimum Gasteiger partial charge on any atom is -0.661 e. The van der Waals surface area contributed by atoms with Crippen molar-refractivity contribution in [3.8, 4) is 0 Å². The first-order valence-corrected chi connectivity index (χ1v) is 2.88. The van der Waals surface area contributed by atoms with Crippen molar-refractivity contribution >= 4 is 0 Å². The summed E-state index contributed by atoms with van der Waals surface area (Å²) in [5.41, 5.74) is 1.22. The SMILES string of the molecule is C[N-]Cc1ccncc1.[CH3-].[Co+2]. The largest absolute Gasteiger partial charge is 2.00 e. The molecule has 0 saturated heterocycles. The number of hydrogen-bond acceptors (Lipinski definition) is 1. The van der Waals surface area contributed by atoms with Crippen molar-refractivity contribution in [2.45, 2.75) is 6.54 Å². The number of nitrogens with zero attached hydrogens (tertiary/aromatic N) is 2. The third kappa shape index (κ3) is 4.95. The van der Waals surface area contributed by atoms with Crippen LogP contribution >= 0.6 is 0 Å². The fraction of sp³-hybridized carbons (Fsp3) is 0.250. The molecule has 1 aromatic rings. The van der Waals surface area contributed by atoms with Gasteiger partial charge in [-0.05, 0) is 12.1 Å². The molecule has 1 aromatic heterocycles. The van der Waals surface area contributed by atoms with Crippen LogP contribution in [0.15, 0.2) is 24.5 Å². The summed E-state index contributed by atoms with van der Waals surface area (Å²) in [7, 11) is 1.81. The third-order valence-corrected chi connectivity index (χ3v) is 1.09. The van der Waals surface area contributed by atoms with Gasteiger partial charge >= 0.3 is 16.8 Å². The first-order valence-electron chi connectivity index (χ1n) is 2.88. The van der Waals surface area contributed by atoms with Crippen molar-refractivity contribution in [3.63, 3.8) is 0 Å². The van der Waals surface area contributed by atoms with Gasteiger partial charge in [0.15, 0.2) is 0 Å². The van der Waals surface area contributed by atoms with Gasteiger partial charge in [-0.2, -0.15) is 7.05 Å². The summed E-state index contributed by atoms with van der Waals surface area (Å²) in [6.45, 7) is 0.794. The molecule has 0 spiro atoms. The van der Waals surface area contributed by atoms with Gasteiger partial charge in [0.1, 0.15) is 0 Å². The van der Waals surface area contributed by atoms with Crippen LogP contribution < -0.4 is 0 Å². The van der Waals surface area contributed by atoms with Crippen LogP contribution in [0.1, 0.15) is 5.56 Å². The van der Waals surface area contributed by atoms with E-state index in [-0.39, 0.29) is 24.2 Å². The van der Waals surface area contributed by atoms with E-state index in [1.54, 1.807) is 19.4 Å². The maximum absolute atomic E-state index is 3.98. The minimum absolute atomic E-state index is 0. The van der Waals surface area contributed by atoms with Gasteiger partial charge < -0.3 is 12.7 Å². The summed E-state index contributed by atoms with van der Waals surface area (Å²) in [5.74, 6) is 0. The predicted molar refractivity (Wildman–Crippen MR) is 43.6 cm³/mol. The summed E-state index contributed by atoms with van der Waals surface area (Å²) in [6, 6.07) is 3.93. The van der Waals surface area contributed by atoms with E-state index >= 15 is 0 Å². The zero-order valence-electron chi connectivity index (χ0n) is 6.74. The summed E-state index contributed by atoms with van der Waals surface area (Å²) < 4.78 is 0. The maximum atomic E-state index is 3.98. The summed E-state index contributed by atoms with van der Waals surface area (Å²) >= 11 is 0.